The highest BCUT2D eigenvalue weighted by Crippen LogP contribution is 2.51. The number of carbonyl (C=O) groups excluding carboxylic acids is 1. The molecule has 1 aliphatic carbocycles. The average Bonchev–Trinajstić information content (AvgIpc) is 3.68. The van der Waals surface area contributed by atoms with Crippen LogP contribution in [-0.2, 0) is 21.4 Å². The quantitative estimate of drug-likeness (QED) is 0.359. The number of piperazine rings is 1. The predicted molar refractivity (Wildman–Crippen MR) is 151 cm³/mol. The van der Waals surface area contributed by atoms with E-state index in [1.165, 1.54) is 0 Å². The Bertz CT molecular complexity index is 1330. The molecule has 2 aromatic carbocycles. The summed E-state index contributed by atoms with van der Waals surface area (Å²) in [6, 6.07) is 18.3. The summed E-state index contributed by atoms with van der Waals surface area (Å²) in [5.74, 6) is 2.54. The van der Waals surface area contributed by atoms with Gasteiger partial charge in [0.25, 0.3) is 0 Å². The lowest BCUT2D eigenvalue weighted by atomic mass is 9.88. The fraction of sp³-hybridized carbons (Fsp3) is 0.438. The summed E-state index contributed by atoms with van der Waals surface area (Å²) in [6.45, 7) is 5.76. The minimum absolute atomic E-state index is 0.0152. The molecule has 8 nitrogen and oxygen atoms in total. The molecule has 1 unspecified atom stereocenters. The Labute approximate surface area is 235 Å². The van der Waals surface area contributed by atoms with E-state index in [0.717, 1.165) is 91.8 Å². The number of para-hydroxylation sites is 1. The summed E-state index contributed by atoms with van der Waals surface area (Å²) in [7, 11) is 3.47. The first-order valence-electron chi connectivity index (χ1n) is 14.1. The summed E-state index contributed by atoms with van der Waals surface area (Å²) < 4.78 is 22.1. The van der Waals surface area contributed by atoms with Crippen molar-refractivity contribution in [2.75, 3.05) is 60.3 Å². The topological polar surface area (TPSA) is 73.4 Å². The van der Waals surface area contributed by atoms with Gasteiger partial charge in [0.1, 0.15) is 11.5 Å². The molecule has 6 rings (SSSR count). The summed E-state index contributed by atoms with van der Waals surface area (Å²) in [5.41, 5.74) is 3.59. The minimum Gasteiger partial charge on any atom is -0.496 e. The SMILES string of the molecule is COCCN1CCN(C(c2ccc(CC(=O)C3(c4ccc5c(c4)OCO5)CC3)nc2)c2ccccc2OC)CC1. The fourth-order valence-corrected chi connectivity index (χ4v) is 6.03. The van der Waals surface area contributed by atoms with Gasteiger partial charge in [-0.05, 0) is 48.2 Å². The van der Waals surface area contributed by atoms with Gasteiger partial charge < -0.3 is 18.9 Å². The molecule has 3 aromatic rings. The van der Waals surface area contributed by atoms with E-state index >= 15 is 0 Å². The fourth-order valence-electron chi connectivity index (χ4n) is 6.03. The number of aromatic nitrogens is 1. The van der Waals surface area contributed by atoms with Crippen LogP contribution in [0.25, 0.3) is 0 Å². The number of ketones is 1. The number of carbonyl (C=O) groups is 1. The third-order valence-electron chi connectivity index (χ3n) is 8.53. The third kappa shape index (κ3) is 5.31. The van der Waals surface area contributed by atoms with Crippen molar-refractivity contribution in [1.29, 1.82) is 0 Å². The maximum Gasteiger partial charge on any atom is 0.231 e. The highest BCUT2D eigenvalue weighted by Gasteiger charge is 2.51. The highest BCUT2D eigenvalue weighted by molar-refractivity contribution is 5.94. The summed E-state index contributed by atoms with van der Waals surface area (Å²) in [6.07, 6.45) is 3.97. The number of hydrogen-bond donors (Lipinski definition) is 0. The van der Waals surface area contributed by atoms with E-state index in [-0.39, 0.29) is 18.6 Å². The van der Waals surface area contributed by atoms with Gasteiger partial charge in [-0.1, -0.05) is 30.3 Å². The number of ether oxygens (including phenoxy) is 4. The Morgan fingerprint density at radius 3 is 2.52 bits per heavy atom. The van der Waals surface area contributed by atoms with Crippen molar-refractivity contribution in [3.63, 3.8) is 0 Å². The molecule has 40 heavy (non-hydrogen) atoms. The van der Waals surface area contributed by atoms with Crippen molar-refractivity contribution in [1.82, 2.24) is 14.8 Å². The van der Waals surface area contributed by atoms with Crippen molar-refractivity contribution in [3.8, 4) is 17.2 Å². The highest BCUT2D eigenvalue weighted by atomic mass is 16.7. The number of fused-ring (bicyclic) bond motifs is 1. The van der Waals surface area contributed by atoms with Crippen LogP contribution in [0.2, 0.25) is 0 Å². The van der Waals surface area contributed by atoms with Gasteiger partial charge in [-0.15, -0.1) is 0 Å². The Morgan fingerprint density at radius 2 is 1.80 bits per heavy atom. The van der Waals surface area contributed by atoms with Crippen LogP contribution in [0.3, 0.4) is 0 Å². The summed E-state index contributed by atoms with van der Waals surface area (Å²) >= 11 is 0. The zero-order valence-corrected chi connectivity index (χ0v) is 23.3. The number of Topliss-reactive ketones (excluding diaryl/α,β-unsaturated/α-hetero) is 1. The van der Waals surface area contributed by atoms with Crippen LogP contribution in [0.5, 0.6) is 17.2 Å². The van der Waals surface area contributed by atoms with Gasteiger partial charge in [0.05, 0.1) is 25.2 Å². The van der Waals surface area contributed by atoms with Gasteiger partial charge in [0, 0.05) is 63.7 Å². The monoisotopic (exact) mass is 543 g/mol. The van der Waals surface area contributed by atoms with Gasteiger partial charge in [0.15, 0.2) is 11.5 Å². The van der Waals surface area contributed by atoms with Crippen LogP contribution in [-0.4, -0.2) is 80.9 Å². The van der Waals surface area contributed by atoms with E-state index in [9.17, 15) is 4.79 Å². The number of pyridine rings is 1. The predicted octanol–water partition coefficient (Wildman–Crippen LogP) is 4.02. The number of rotatable bonds is 11. The smallest absolute Gasteiger partial charge is 0.231 e. The Kier molecular flexibility index (Phi) is 7.74. The first-order valence-corrected chi connectivity index (χ1v) is 14.1. The second kappa shape index (κ2) is 11.6. The molecule has 1 aromatic heterocycles. The maximum absolute atomic E-state index is 13.5. The maximum atomic E-state index is 13.5. The normalized spacial score (nSPS) is 18.9. The van der Waals surface area contributed by atoms with Gasteiger partial charge in [-0.25, -0.2) is 0 Å². The lowest BCUT2D eigenvalue weighted by molar-refractivity contribution is -0.120. The second-order valence-electron chi connectivity index (χ2n) is 10.8. The molecule has 2 fully saturated rings. The molecular formula is C32H37N3O5. The van der Waals surface area contributed by atoms with E-state index in [0.29, 0.717) is 6.42 Å². The van der Waals surface area contributed by atoms with Gasteiger partial charge in [-0.2, -0.15) is 0 Å². The number of benzene rings is 2. The molecule has 8 heteroatoms. The zero-order valence-electron chi connectivity index (χ0n) is 23.3. The van der Waals surface area contributed by atoms with E-state index in [1.807, 2.05) is 42.6 Å². The van der Waals surface area contributed by atoms with Crippen LogP contribution in [0.4, 0.5) is 0 Å². The van der Waals surface area contributed by atoms with Crippen LogP contribution in [0, 0.1) is 0 Å². The number of hydrogen-bond acceptors (Lipinski definition) is 8. The van der Waals surface area contributed by atoms with E-state index < -0.39 is 5.41 Å². The molecule has 0 spiro atoms. The van der Waals surface area contributed by atoms with E-state index in [4.69, 9.17) is 23.9 Å². The van der Waals surface area contributed by atoms with Crippen molar-refractivity contribution in [3.05, 3.63) is 83.2 Å². The molecule has 1 saturated heterocycles. The minimum atomic E-state index is -0.441. The molecule has 3 heterocycles. The number of nitrogens with zero attached hydrogens (tertiary/aromatic N) is 3. The van der Waals surface area contributed by atoms with Crippen molar-refractivity contribution in [2.24, 2.45) is 0 Å². The average molecular weight is 544 g/mol. The van der Waals surface area contributed by atoms with Crippen LogP contribution in [0.15, 0.2) is 60.8 Å². The Balaban J connectivity index is 1.20. The zero-order chi connectivity index (χ0) is 27.5. The molecule has 3 aliphatic rings. The Morgan fingerprint density at radius 1 is 1.00 bits per heavy atom. The molecule has 210 valence electrons. The van der Waals surface area contributed by atoms with Gasteiger partial charge >= 0.3 is 0 Å². The van der Waals surface area contributed by atoms with Crippen molar-refractivity contribution >= 4 is 5.78 Å². The summed E-state index contributed by atoms with van der Waals surface area (Å²) in [5, 5.41) is 0. The van der Waals surface area contributed by atoms with Gasteiger partial charge in [0.2, 0.25) is 6.79 Å². The third-order valence-corrected chi connectivity index (χ3v) is 8.53. The first kappa shape index (κ1) is 26.7. The molecule has 1 saturated carbocycles. The van der Waals surface area contributed by atoms with Crippen LogP contribution >= 0.6 is 0 Å². The number of methoxy groups -OCH3 is 2. The van der Waals surface area contributed by atoms with Crippen LogP contribution in [0.1, 0.15) is 41.3 Å². The van der Waals surface area contributed by atoms with E-state index in [1.54, 1.807) is 14.2 Å². The Hall–Kier alpha value is -3.46. The lowest BCUT2D eigenvalue weighted by Gasteiger charge is -2.40. The molecule has 0 N–H and O–H groups in total. The standard InChI is InChI=1S/C32H37N3O5/c1-37-18-17-34-13-15-35(16-14-34)31(26-5-3-4-6-27(26)38-2)23-7-9-25(33-21-23)20-30(36)32(11-12-32)24-8-10-28-29(19-24)40-22-39-28/h3-10,19,21,31H,11-18,20,22H2,1-2H3. The molecule has 2 aliphatic heterocycles. The first-order chi connectivity index (χ1) is 19.6. The molecule has 1 atom stereocenters. The second-order valence-corrected chi connectivity index (χ2v) is 10.8. The van der Waals surface area contributed by atoms with Gasteiger partial charge in [-0.3, -0.25) is 19.6 Å². The van der Waals surface area contributed by atoms with Crippen molar-refractivity contribution < 1.29 is 23.7 Å². The lowest BCUT2D eigenvalue weighted by Crippen LogP contribution is -2.48. The summed E-state index contributed by atoms with van der Waals surface area (Å²) in [4.78, 5) is 23.3. The van der Waals surface area contributed by atoms with Crippen LogP contribution < -0.4 is 14.2 Å². The largest absolute Gasteiger partial charge is 0.496 e. The molecule has 0 amide bonds. The molecule has 0 bridgehead atoms. The van der Waals surface area contributed by atoms with Crippen molar-refractivity contribution in [2.45, 2.75) is 30.7 Å². The van der Waals surface area contributed by atoms with E-state index in [2.05, 4.69) is 28.0 Å². The molecule has 0 radical (unpaired) electrons. The molecular weight excluding hydrogens is 506 g/mol.